The van der Waals surface area contributed by atoms with Crippen molar-refractivity contribution in [1.82, 2.24) is 0 Å². The van der Waals surface area contributed by atoms with Gasteiger partial charge in [0.15, 0.2) is 0 Å². The quantitative estimate of drug-likeness (QED) is 0.722. The van der Waals surface area contributed by atoms with Crippen LogP contribution in [0.15, 0.2) is 48.5 Å². The number of amides is 2. The molecular formula is C18H18F3N3O2. The highest BCUT2D eigenvalue weighted by Crippen LogP contribution is 2.30. The Labute approximate surface area is 148 Å². The smallest absolute Gasteiger partial charge is 0.385 e. The zero-order valence-electron chi connectivity index (χ0n) is 14.0. The molecule has 2 aromatic carbocycles. The molecule has 0 aliphatic carbocycles. The first-order valence-corrected chi connectivity index (χ1v) is 7.83. The third-order valence-electron chi connectivity index (χ3n) is 3.34. The number of alkyl halides is 3. The predicted molar refractivity (Wildman–Crippen MR) is 93.9 cm³/mol. The molecule has 2 rings (SSSR count). The molecule has 0 saturated carbocycles. The molecule has 0 aliphatic rings. The fourth-order valence-corrected chi connectivity index (χ4v) is 2.23. The largest absolute Gasteiger partial charge is 0.416 e. The van der Waals surface area contributed by atoms with Crippen LogP contribution in [0.3, 0.4) is 0 Å². The van der Waals surface area contributed by atoms with E-state index in [-0.39, 0.29) is 24.8 Å². The lowest BCUT2D eigenvalue weighted by molar-refractivity contribution is -0.137. The summed E-state index contributed by atoms with van der Waals surface area (Å²) in [5.74, 6) is -0.525. The van der Waals surface area contributed by atoms with Gasteiger partial charge in [0.05, 0.1) is 5.56 Å². The van der Waals surface area contributed by atoms with Gasteiger partial charge in [0.25, 0.3) is 0 Å². The summed E-state index contributed by atoms with van der Waals surface area (Å²) >= 11 is 0. The lowest BCUT2D eigenvalue weighted by atomic mass is 10.2. The van der Waals surface area contributed by atoms with Crippen LogP contribution in [0.25, 0.3) is 0 Å². The molecule has 0 heterocycles. The molecule has 26 heavy (non-hydrogen) atoms. The van der Waals surface area contributed by atoms with Gasteiger partial charge in [0.2, 0.25) is 11.8 Å². The van der Waals surface area contributed by atoms with Gasteiger partial charge in [-0.3, -0.25) is 9.59 Å². The molecule has 0 aromatic heterocycles. The van der Waals surface area contributed by atoms with Crippen molar-refractivity contribution in [2.75, 3.05) is 22.5 Å². The average Bonchev–Trinajstić information content (AvgIpc) is 2.54. The van der Waals surface area contributed by atoms with Gasteiger partial charge < -0.3 is 16.0 Å². The lowest BCUT2D eigenvalue weighted by Crippen LogP contribution is -2.16. The van der Waals surface area contributed by atoms with Gasteiger partial charge in [-0.2, -0.15) is 13.2 Å². The first kappa shape index (κ1) is 19.3. The highest BCUT2D eigenvalue weighted by atomic mass is 19.4. The van der Waals surface area contributed by atoms with Crippen LogP contribution in [-0.2, 0) is 15.8 Å². The van der Waals surface area contributed by atoms with E-state index in [1.807, 2.05) is 0 Å². The number of anilines is 3. The third kappa shape index (κ3) is 6.12. The summed E-state index contributed by atoms with van der Waals surface area (Å²) in [6.07, 6.45) is -4.34. The van der Waals surface area contributed by atoms with E-state index >= 15 is 0 Å². The summed E-state index contributed by atoms with van der Waals surface area (Å²) in [6, 6.07) is 11.4. The maximum absolute atomic E-state index is 12.7. The summed E-state index contributed by atoms with van der Waals surface area (Å²) < 4.78 is 38.0. The van der Waals surface area contributed by atoms with Gasteiger partial charge >= 0.3 is 6.18 Å². The van der Waals surface area contributed by atoms with Crippen LogP contribution in [0.4, 0.5) is 30.2 Å². The third-order valence-corrected chi connectivity index (χ3v) is 3.34. The Hall–Kier alpha value is -3.03. The van der Waals surface area contributed by atoms with E-state index in [0.717, 1.165) is 12.1 Å². The molecule has 2 aromatic rings. The van der Waals surface area contributed by atoms with Crippen molar-refractivity contribution in [2.45, 2.75) is 19.5 Å². The lowest BCUT2D eigenvalue weighted by Gasteiger charge is -2.11. The summed E-state index contributed by atoms with van der Waals surface area (Å²) in [6.45, 7) is 1.56. The van der Waals surface area contributed by atoms with Gasteiger partial charge in [-0.25, -0.2) is 0 Å². The van der Waals surface area contributed by atoms with Gasteiger partial charge in [-0.15, -0.1) is 0 Å². The molecule has 0 atom stereocenters. The summed E-state index contributed by atoms with van der Waals surface area (Å²) in [4.78, 5) is 23.0. The second-order valence-corrected chi connectivity index (χ2v) is 5.57. The minimum absolute atomic E-state index is 0.0700. The van der Waals surface area contributed by atoms with Gasteiger partial charge in [-0.05, 0) is 36.4 Å². The molecule has 8 heteroatoms. The Bertz CT molecular complexity index is 791. The topological polar surface area (TPSA) is 70.2 Å². The number of hydrogen-bond acceptors (Lipinski definition) is 3. The van der Waals surface area contributed by atoms with Crippen molar-refractivity contribution in [3.8, 4) is 0 Å². The number of carbonyl (C=O) groups excluding carboxylic acids is 2. The monoisotopic (exact) mass is 365 g/mol. The van der Waals surface area contributed by atoms with E-state index in [9.17, 15) is 22.8 Å². The van der Waals surface area contributed by atoms with E-state index in [0.29, 0.717) is 17.1 Å². The first-order valence-electron chi connectivity index (χ1n) is 7.83. The molecule has 0 saturated heterocycles. The highest BCUT2D eigenvalue weighted by Gasteiger charge is 2.30. The molecular weight excluding hydrogens is 347 g/mol. The van der Waals surface area contributed by atoms with Crippen molar-refractivity contribution in [3.63, 3.8) is 0 Å². The van der Waals surface area contributed by atoms with E-state index in [1.165, 1.54) is 19.1 Å². The Balaban J connectivity index is 1.85. The van der Waals surface area contributed by atoms with Crippen LogP contribution in [0.2, 0.25) is 0 Å². The van der Waals surface area contributed by atoms with Crippen molar-refractivity contribution in [2.24, 2.45) is 0 Å². The van der Waals surface area contributed by atoms with Crippen LogP contribution in [0, 0.1) is 0 Å². The number of benzene rings is 2. The predicted octanol–water partition coefficient (Wildman–Crippen LogP) is 4.10. The maximum Gasteiger partial charge on any atom is 0.416 e. The van der Waals surface area contributed by atoms with Gasteiger partial charge in [-0.1, -0.05) is 12.1 Å². The zero-order valence-corrected chi connectivity index (χ0v) is 14.0. The fraction of sp³-hybridized carbons (Fsp3) is 0.222. The van der Waals surface area contributed by atoms with Crippen molar-refractivity contribution in [1.29, 1.82) is 0 Å². The molecule has 0 bridgehead atoms. The number of nitrogens with one attached hydrogen (secondary N) is 3. The van der Waals surface area contributed by atoms with Crippen LogP contribution < -0.4 is 16.0 Å². The van der Waals surface area contributed by atoms with Crippen LogP contribution in [0.5, 0.6) is 0 Å². The second kappa shape index (κ2) is 8.37. The summed E-state index contributed by atoms with van der Waals surface area (Å²) in [5, 5.41) is 8.07. The van der Waals surface area contributed by atoms with E-state index in [2.05, 4.69) is 16.0 Å². The van der Waals surface area contributed by atoms with E-state index in [4.69, 9.17) is 0 Å². The fourth-order valence-electron chi connectivity index (χ4n) is 2.23. The number of halogens is 3. The van der Waals surface area contributed by atoms with Crippen LogP contribution >= 0.6 is 0 Å². The minimum Gasteiger partial charge on any atom is -0.385 e. The molecule has 0 fully saturated rings. The van der Waals surface area contributed by atoms with Crippen LogP contribution in [0.1, 0.15) is 18.9 Å². The molecule has 5 nitrogen and oxygen atoms in total. The normalized spacial score (nSPS) is 10.9. The van der Waals surface area contributed by atoms with Crippen LogP contribution in [-0.4, -0.2) is 18.4 Å². The zero-order chi connectivity index (χ0) is 19.2. The standard InChI is InChI=1S/C18H18F3N3O2/c1-12(25)23-15-6-3-7-16(11-15)24-17(26)8-9-22-14-5-2-4-13(10-14)18(19,20)21/h2-7,10-11,22H,8-9H2,1H3,(H,23,25)(H,24,26). The highest BCUT2D eigenvalue weighted by molar-refractivity contribution is 5.93. The minimum atomic E-state index is -4.41. The van der Waals surface area contributed by atoms with Gasteiger partial charge in [0.1, 0.15) is 0 Å². The molecule has 0 radical (unpaired) electrons. The second-order valence-electron chi connectivity index (χ2n) is 5.57. The molecule has 138 valence electrons. The van der Waals surface area contributed by atoms with E-state index < -0.39 is 11.7 Å². The number of rotatable bonds is 6. The molecule has 0 spiro atoms. The first-order chi connectivity index (χ1) is 12.2. The summed E-state index contributed by atoms with van der Waals surface area (Å²) in [5.41, 5.74) is 0.611. The van der Waals surface area contributed by atoms with Gasteiger partial charge in [0, 0.05) is 37.0 Å². The number of carbonyl (C=O) groups is 2. The SMILES string of the molecule is CC(=O)Nc1cccc(NC(=O)CCNc2cccc(C(F)(F)F)c2)c1. The Morgan fingerprint density at radius 1 is 0.923 bits per heavy atom. The Morgan fingerprint density at radius 3 is 2.19 bits per heavy atom. The number of hydrogen-bond donors (Lipinski definition) is 3. The van der Waals surface area contributed by atoms with E-state index in [1.54, 1.807) is 24.3 Å². The van der Waals surface area contributed by atoms with Crippen molar-refractivity contribution >= 4 is 28.9 Å². The van der Waals surface area contributed by atoms with Crippen molar-refractivity contribution in [3.05, 3.63) is 54.1 Å². The Morgan fingerprint density at radius 2 is 1.54 bits per heavy atom. The summed E-state index contributed by atoms with van der Waals surface area (Å²) in [7, 11) is 0. The molecule has 0 unspecified atom stereocenters. The van der Waals surface area contributed by atoms with Crippen molar-refractivity contribution < 1.29 is 22.8 Å². The maximum atomic E-state index is 12.7. The Kier molecular flexibility index (Phi) is 6.21. The average molecular weight is 365 g/mol. The molecule has 2 amide bonds. The molecule has 3 N–H and O–H groups in total. The molecule has 0 aliphatic heterocycles.